The molecule has 1 fully saturated rings. The summed E-state index contributed by atoms with van der Waals surface area (Å²) in [5.41, 5.74) is 2.55. The summed E-state index contributed by atoms with van der Waals surface area (Å²) in [5, 5.41) is 16.5. The first-order valence-electron chi connectivity index (χ1n) is 8.85. The van der Waals surface area contributed by atoms with Gasteiger partial charge in [0.25, 0.3) is 0 Å². The highest BCUT2D eigenvalue weighted by Gasteiger charge is 2.18. The van der Waals surface area contributed by atoms with Gasteiger partial charge in [-0.25, -0.2) is 4.98 Å². The number of benzene rings is 1. The first kappa shape index (κ1) is 17.4. The van der Waals surface area contributed by atoms with Crippen LogP contribution in [0.1, 0.15) is 55.8 Å². The highest BCUT2D eigenvalue weighted by Crippen LogP contribution is 2.26. The summed E-state index contributed by atoms with van der Waals surface area (Å²) in [6.07, 6.45) is 4.52. The molecule has 2 atom stereocenters. The van der Waals surface area contributed by atoms with Crippen LogP contribution >= 0.6 is 11.3 Å². The van der Waals surface area contributed by atoms with E-state index < -0.39 is 0 Å². The molecule has 3 rings (SSSR count). The molecule has 0 bridgehead atoms. The van der Waals surface area contributed by atoms with Gasteiger partial charge in [-0.1, -0.05) is 19.1 Å². The Hall–Kier alpha value is -1.43. The van der Waals surface area contributed by atoms with Crippen molar-refractivity contribution < 1.29 is 5.11 Å². The van der Waals surface area contributed by atoms with Crippen molar-refractivity contribution in [1.29, 1.82) is 0 Å². The molecule has 0 saturated carbocycles. The Kier molecular flexibility index (Phi) is 5.87. The fraction of sp³-hybridized carbons (Fsp3) is 0.526. The van der Waals surface area contributed by atoms with Gasteiger partial charge in [-0.05, 0) is 43.9 Å². The zero-order chi connectivity index (χ0) is 16.9. The van der Waals surface area contributed by atoms with Gasteiger partial charge in [-0.2, -0.15) is 0 Å². The van der Waals surface area contributed by atoms with Crippen molar-refractivity contribution in [3.63, 3.8) is 0 Å². The molecule has 2 heterocycles. The van der Waals surface area contributed by atoms with Crippen molar-refractivity contribution in [3.8, 4) is 0 Å². The first-order valence-corrected chi connectivity index (χ1v) is 9.73. The molecule has 0 spiro atoms. The van der Waals surface area contributed by atoms with Gasteiger partial charge in [-0.3, -0.25) is 0 Å². The first-order chi connectivity index (χ1) is 11.7. The second kappa shape index (κ2) is 8.10. The quantitative estimate of drug-likeness (QED) is 0.833. The van der Waals surface area contributed by atoms with Crippen LogP contribution in [0, 0.1) is 0 Å². The molecular formula is C19H27N3OS. The number of rotatable bonds is 6. The number of nitrogens with zero attached hydrogens (tertiary/aromatic N) is 2. The molecule has 2 N–H and O–H groups in total. The molecule has 1 aliphatic heterocycles. The lowest BCUT2D eigenvalue weighted by molar-refractivity contribution is 0.145. The van der Waals surface area contributed by atoms with E-state index in [1.54, 1.807) is 11.3 Å². The van der Waals surface area contributed by atoms with Crippen LogP contribution < -0.4 is 10.2 Å². The topological polar surface area (TPSA) is 48.4 Å². The molecule has 0 aliphatic carbocycles. The van der Waals surface area contributed by atoms with E-state index >= 15 is 0 Å². The maximum atomic E-state index is 9.64. The summed E-state index contributed by atoms with van der Waals surface area (Å²) in [4.78, 5) is 6.80. The number of hydrogen-bond acceptors (Lipinski definition) is 5. The Bertz CT molecular complexity index is 606. The van der Waals surface area contributed by atoms with Gasteiger partial charge in [0.1, 0.15) is 5.01 Å². The van der Waals surface area contributed by atoms with Gasteiger partial charge < -0.3 is 15.3 Å². The number of piperidine rings is 1. The van der Waals surface area contributed by atoms with Crippen molar-refractivity contribution in [3.05, 3.63) is 46.4 Å². The van der Waals surface area contributed by atoms with E-state index in [1.165, 1.54) is 11.3 Å². The zero-order valence-corrected chi connectivity index (χ0v) is 15.3. The molecule has 0 radical (unpaired) electrons. The standard InChI is InChI=1S/C19H27N3OS/c1-3-18(19-20-10-13-24-19)21-14(2)15-4-6-16(7-5-15)22-11-8-17(23)9-12-22/h4-7,10,13-14,17-18,21,23H,3,8-9,11-12H2,1-2H3. The molecule has 1 aromatic carbocycles. The minimum Gasteiger partial charge on any atom is -0.393 e. The smallest absolute Gasteiger partial charge is 0.109 e. The molecule has 4 nitrogen and oxygen atoms in total. The molecule has 5 heteroatoms. The molecule has 130 valence electrons. The van der Waals surface area contributed by atoms with Crippen LogP contribution in [0.3, 0.4) is 0 Å². The summed E-state index contributed by atoms with van der Waals surface area (Å²) >= 11 is 1.71. The summed E-state index contributed by atoms with van der Waals surface area (Å²) in [6, 6.07) is 9.43. The van der Waals surface area contributed by atoms with E-state index in [0.717, 1.165) is 37.4 Å². The molecule has 1 aromatic heterocycles. The van der Waals surface area contributed by atoms with Crippen LogP contribution in [-0.4, -0.2) is 29.3 Å². The fourth-order valence-corrected chi connectivity index (χ4v) is 4.05. The summed E-state index contributed by atoms with van der Waals surface area (Å²) in [6.45, 7) is 6.29. The molecular weight excluding hydrogens is 318 g/mol. The molecule has 2 aromatic rings. The highest BCUT2D eigenvalue weighted by molar-refractivity contribution is 7.09. The van der Waals surface area contributed by atoms with E-state index in [0.29, 0.717) is 6.04 Å². The van der Waals surface area contributed by atoms with Crippen LogP contribution in [-0.2, 0) is 0 Å². The number of aromatic nitrogens is 1. The minimum atomic E-state index is -0.124. The summed E-state index contributed by atoms with van der Waals surface area (Å²) < 4.78 is 0. The lowest BCUT2D eigenvalue weighted by Crippen LogP contribution is -2.35. The van der Waals surface area contributed by atoms with Crippen molar-refractivity contribution in [2.75, 3.05) is 18.0 Å². The Labute approximate surface area is 148 Å². The second-order valence-electron chi connectivity index (χ2n) is 6.53. The maximum absolute atomic E-state index is 9.64. The SMILES string of the molecule is CCC(NC(C)c1ccc(N2CCC(O)CC2)cc1)c1nccs1. The lowest BCUT2D eigenvalue weighted by Gasteiger charge is -2.31. The number of nitrogens with one attached hydrogen (secondary N) is 1. The molecule has 1 saturated heterocycles. The van der Waals surface area contributed by atoms with E-state index in [1.807, 2.05) is 11.6 Å². The van der Waals surface area contributed by atoms with Crippen LogP contribution in [0.4, 0.5) is 5.69 Å². The number of aliphatic hydroxyl groups is 1. The third kappa shape index (κ3) is 4.15. The van der Waals surface area contributed by atoms with Crippen LogP contribution in [0.5, 0.6) is 0 Å². The van der Waals surface area contributed by atoms with Gasteiger partial charge in [0.2, 0.25) is 0 Å². The average molecular weight is 346 g/mol. The average Bonchev–Trinajstić information content (AvgIpc) is 3.15. The Morgan fingerprint density at radius 1 is 1.29 bits per heavy atom. The second-order valence-corrected chi connectivity index (χ2v) is 7.46. The van der Waals surface area contributed by atoms with Crippen LogP contribution in [0.15, 0.2) is 35.8 Å². The van der Waals surface area contributed by atoms with E-state index in [4.69, 9.17) is 0 Å². The number of aliphatic hydroxyl groups excluding tert-OH is 1. The van der Waals surface area contributed by atoms with Gasteiger partial charge >= 0.3 is 0 Å². The normalized spacial score (nSPS) is 18.5. The Morgan fingerprint density at radius 3 is 2.58 bits per heavy atom. The van der Waals surface area contributed by atoms with Gasteiger partial charge in [0.05, 0.1) is 12.1 Å². The zero-order valence-electron chi connectivity index (χ0n) is 14.5. The van der Waals surface area contributed by atoms with Crippen molar-refractivity contribution in [1.82, 2.24) is 10.3 Å². The number of anilines is 1. The predicted octanol–water partition coefficient (Wildman–Crippen LogP) is 3.91. The number of hydrogen-bond donors (Lipinski definition) is 2. The highest BCUT2D eigenvalue weighted by atomic mass is 32.1. The largest absolute Gasteiger partial charge is 0.393 e. The molecule has 0 amide bonds. The van der Waals surface area contributed by atoms with Gasteiger partial charge in [0, 0.05) is 36.4 Å². The Morgan fingerprint density at radius 2 is 2.00 bits per heavy atom. The monoisotopic (exact) mass is 345 g/mol. The van der Waals surface area contributed by atoms with E-state index in [9.17, 15) is 5.11 Å². The van der Waals surface area contributed by atoms with Crippen LogP contribution in [0.25, 0.3) is 0 Å². The predicted molar refractivity (Wildman–Crippen MR) is 101 cm³/mol. The summed E-state index contributed by atoms with van der Waals surface area (Å²) in [5.74, 6) is 0. The maximum Gasteiger partial charge on any atom is 0.109 e. The molecule has 24 heavy (non-hydrogen) atoms. The van der Waals surface area contributed by atoms with Crippen LogP contribution in [0.2, 0.25) is 0 Å². The lowest BCUT2D eigenvalue weighted by atomic mass is 10.0. The van der Waals surface area contributed by atoms with Crippen molar-refractivity contribution in [2.45, 2.75) is 51.3 Å². The summed E-state index contributed by atoms with van der Waals surface area (Å²) in [7, 11) is 0. The van der Waals surface area contributed by atoms with Crippen molar-refractivity contribution >= 4 is 17.0 Å². The van der Waals surface area contributed by atoms with Gasteiger partial charge in [-0.15, -0.1) is 11.3 Å². The number of thiazole rings is 1. The van der Waals surface area contributed by atoms with Gasteiger partial charge in [0.15, 0.2) is 0 Å². The molecule has 1 aliphatic rings. The Balaban J connectivity index is 1.62. The third-order valence-corrected chi connectivity index (χ3v) is 5.72. The fourth-order valence-electron chi connectivity index (χ4n) is 3.27. The van der Waals surface area contributed by atoms with E-state index in [-0.39, 0.29) is 12.1 Å². The molecule has 2 unspecified atom stereocenters. The minimum absolute atomic E-state index is 0.124. The van der Waals surface area contributed by atoms with E-state index in [2.05, 4.69) is 53.3 Å². The third-order valence-electron chi connectivity index (χ3n) is 4.83. The van der Waals surface area contributed by atoms with Crippen molar-refractivity contribution in [2.24, 2.45) is 0 Å².